The molecular formula is C22H21NO6S. The van der Waals surface area contributed by atoms with Crippen molar-refractivity contribution < 1.29 is 28.5 Å². The zero-order chi connectivity index (χ0) is 21.3. The fraction of sp³-hybridized carbons (Fsp3) is 0.273. The number of methoxy groups -OCH3 is 2. The fourth-order valence-electron chi connectivity index (χ4n) is 3.03. The van der Waals surface area contributed by atoms with Crippen LogP contribution in [0.3, 0.4) is 0 Å². The van der Waals surface area contributed by atoms with Crippen LogP contribution >= 0.6 is 11.3 Å². The summed E-state index contributed by atoms with van der Waals surface area (Å²) in [7, 11) is 3.17. The molecule has 0 fully saturated rings. The Kier molecular flexibility index (Phi) is 5.26. The summed E-state index contributed by atoms with van der Waals surface area (Å²) in [6, 6.07) is 11.0. The van der Waals surface area contributed by atoms with Crippen LogP contribution < -0.4 is 18.9 Å². The molecule has 7 nitrogen and oxygen atoms in total. The van der Waals surface area contributed by atoms with Gasteiger partial charge in [0.1, 0.15) is 40.2 Å². The normalized spacial score (nSPS) is 14.3. The van der Waals surface area contributed by atoms with Crippen molar-refractivity contribution in [3.8, 4) is 33.6 Å². The largest absolute Gasteiger partial charge is 0.497 e. The van der Waals surface area contributed by atoms with Gasteiger partial charge in [0.15, 0.2) is 0 Å². The van der Waals surface area contributed by atoms with Crippen LogP contribution in [0.15, 0.2) is 41.8 Å². The van der Waals surface area contributed by atoms with E-state index in [0.717, 1.165) is 22.0 Å². The standard InChI is InChI=1S/C22H21NO6S/c1-22(2)28-18-10-16(26-4)9-17(19(18)21(24)29-22)27-11-14-12-30-20(23-14)13-5-7-15(25-3)8-6-13/h5-10,12H,11H2,1-4H3. The molecule has 8 heteroatoms. The van der Waals surface area contributed by atoms with Crippen molar-refractivity contribution in [2.45, 2.75) is 26.2 Å². The molecule has 1 aliphatic rings. The van der Waals surface area contributed by atoms with Crippen LogP contribution in [-0.4, -0.2) is 31.0 Å². The number of rotatable bonds is 6. The first kappa shape index (κ1) is 20.0. The number of fused-ring (bicyclic) bond motifs is 1. The van der Waals surface area contributed by atoms with E-state index < -0.39 is 11.8 Å². The number of nitrogens with zero attached hydrogens (tertiary/aromatic N) is 1. The lowest BCUT2D eigenvalue weighted by Gasteiger charge is -2.32. The second kappa shape index (κ2) is 7.87. The van der Waals surface area contributed by atoms with Crippen molar-refractivity contribution in [1.29, 1.82) is 0 Å². The highest BCUT2D eigenvalue weighted by Gasteiger charge is 2.37. The van der Waals surface area contributed by atoms with E-state index in [0.29, 0.717) is 17.2 Å². The Morgan fingerprint density at radius 1 is 1.03 bits per heavy atom. The summed E-state index contributed by atoms with van der Waals surface area (Å²) in [4.78, 5) is 17.1. The maximum atomic E-state index is 12.5. The fourth-order valence-corrected chi connectivity index (χ4v) is 3.84. The molecule has 0 aliphatic carbocycles. The van der Waals surface area contributed by atoms with Gasteiger partial charge in [0, 0.05) is 36.9 Å². The maximum absolute atomic E-state index is 12.5. The van der Waals surface area contributed by atoms with E-state index in [9.17, 15) is 4.79 Å². The lowest BCUT2D eigenvalue weighted by Crippen LogP contribution is -2.39. The van der Waals surface area contributed by atoms with E-state index in [4.69, 9.17) is 23.7 Å². The molecule has 2 heterocycles. The molecule has 0 saturated heterocycles. The van der Waals surface area contributed by atoms with Gasteiger partial charge in [-0.15, -0.1) is 11.3 Å². The van der Waals surface area contributed by atoms with Gasteiger partial charge in [-0.1, -0.05) is 0 Å². The van der Waals surface area contributed by atoms with Crippen molar-refractivity contribution in [1.82, 2.24) is 4.98 Å². The van der Waals surface area contributed by atoms with Gasteiger partial charge in [-0.05, 0) is 24.3 Å². The molecule has 0 unspecified atom stereocenters. The Morgan fingerprint density at radius 2 is 1.77 bits per heavy atom. The smallest absolute Gasteiger partial charge is 0.349 e. The highest BCUT2D eigenvalue weighted by molar-refractivity contribution is 7.13. The molecule has 0 radical (unpaired) electrons. The second-order valence-electron chi connectivity index (χ2n) is 7.05. The van der Waals surface area contributed by atoms with Gasteiger partial charge in [-0.3, -0.25) is 0 Å². The van der Waals surface area contributed by atoms with Crippen molar-refractivity contribution in [3.05, 3.63) is 53.0 Å². The van der Waals surface area contributed by atoms with Gasteiger partial charge in [0.05, 0.1) is 19.9 Å². The zero-order valence-corrected chi connectivity index (χ0v) is 17.9. The Morgan fingerprint density at radius 3 is 2.47 bits per heavy atom. The van der Waals surface area contributed by atoms with E-state index in [1.54, 1.807) is 40.2 Å². The van der Waals surface area contributed by atoms with E-state index in [1.165, 1.54) is 11.3 Å². The van der Waals surface area contributed by atoms with Gasteiger partial charge in [0.25, 0.3) is 0 Å². The van der Waals surface area contributed by atoms with Crippen LogP contribution in [-0.2, 0) is 11.3 Å². The van der Waals surface area contributed by atoms with E-state index >= 15 is 0 Å². The van der Waals surface area contributed by atoms with Gasteiger partial charge >= 0.3 is 5.97 Å². The summed E-state index contributed by atoms with van der Waals surface area (Å²) in [5.41, 5.74) is 1.97. The lowest BCUT2D eigenvalue weighted by atomic mass is 10.1. The third-order valence-electron chi connectivity index (χ3n) is 4.44. The van der Waals surface area contributed by atoms with E-state index in [-0.39, 0.29) is 12.2 Å². The Balaban J connectivity index is 1.55. The molecule has 4 rings (SSSR count). The topological polar surface area (TPSA) is 76.1 Å². The third-order valence-corrected chi connectivity index (χ3v) is 5.38. The van der Waals surface area contributed by atoms with Gasteiger partial charge < -0.3 is 23.7 Å². The average molecular weight is 427 g/mol. The van der Waals surface area contributed by atoms with Gasteiger partial charge in [-0.2, -0.15) is 0 Å². The predicted molar refractivity (Wildman–Crippen MR) is 112 cm³/mol. The van der Waals surface area contributed by atoms with E-state index in [2.05, 4.69) is 4.98 Å². The molecule has 0 N–H and O–H groups in total. The van der Waals surface area contributed by atoms with Crippen molar-refractivity contribution in [2.24, 2.45) is 0 Å². The SMILES string of the molecule is COc1ccc(-c2nc(COc3cc(OC)cc4c3C(=O)OC(C)(C)O4)cs2)cc1. The van der Waals surface area contributed by atoms with Crippen molar-refractivity contribution in [3.63, 3.8) is 0 Å². The molecule has 2 aromatic carbocycles. The van der Waals surface area contributed by atoms with E-state index in [1.807, 2.05) is 29.6 Å². The number of ether oxygens (including phenoxy) is 5. The number of carbonyl (C=O) groups excluding carboxylic acids is 1. The molecule has 156 valence electrons. The summed E-state index contributed by atoms with van der Waals surface area (Å²) in [5.74, 6) is 0.434. The highest BCUT2D eigenvalue weighted by atomic mass is 32.1. The number of hydrogen-bond acceptors (Lipinski definition) is 8. The number of thiazole rings is 1. The molecule has 0 bridgehead atoms. The Hall–Kier alpha value is -3.26. The summed E-state index contributed by atoms with van der Waals surface area (Å²) in [6.07, 6.45) is 0. The van der Waals surface area contributed by atoms with Crippen LogP contribution in [0, 0.1) is 0 Å². The lowest BCUT2D eigenvalue weighted by molar-refractivity contribution is -0.127. The number of benzene rings is 2. The van der Waals surface area contributed by atoms with Crippen LogP contribution in [0.2, 0.25) is 0 Å². The number of hydrogen-bond donors (Lipinski definition) is 0. The molecule has 0 saturated carbocycles. The Bertz CT molecular complexity index is 1070. The molecule has 0 spiro atoms. The van der Waals surface area contributed by atoms with Gasteiger partial charge in [-0.25, -0.2) is 9.78 Å². The minimum atomic E-state index is -1.06. The number of carbonyl (C=O) groups is 1. The van der Waals surface area contributed by atoms with Gasteiger partial charge in [0.2, 0.25) is 5.79 Å². The Labute approximate surface area is 178 Å². The average Bonchev–Trinajstić information content (AvgIpc) is 3.19. The number of esters is 1. The van der Waals surface area contributed by atoms with Crippen LogP contribution in [0.4, 0.5) is 0 Å². The molecule has 30 heavy (non-hydrogen) atoms. The summed E-state index contributed by atoms with van der Waals surface area (Å²) in [6.45, 7) is 3.52. The molecule has 3 aromatic rings. The third kappa shape index (κ3) is 4.04. The summed E-state index contributed by atoms with van der Waals surface area (Å²) in [5, 5.41) is 2.79. The number of cyclic esters (lactones) is 1. The first-order chi connectivity index (χ1) is 14.4. The second-order valence-corrected chi connectivity index (χ2v) is 7.91. The van der Waals surface area contributed by atoms with Crippen LogP contribution in [0.25, 0.3) is 10.6 Å². The quantitative estimate of drug-likeness (QED) is 0.528. The maximum Gasteiger partial charge on any atom is 0.349 e. The molecule has 1 aromatic heterocycles. The monoisotopic (exact) mass is 427 g/mol. The molecule has 1 aliphatic heterocycles. The zero-order valence-electron chi connectivity index (χ0n) is 17.1. The first-order valence-corrected chi connectivity index (χ1v) is 10.1. The summed E-state index contributed by atoms with van der Waals surface area (Å²) >= 11 is 1.52. The summed E-state index contributed by atoms with van der Waals surface area (Å²) < 4.78 is 27.6. The van der Waals surface area contributed by atoms with Crippen molar-refractivity contribution >= 4 is 17.3 Å². The van der Waals surface area contributed by atoms with Crippen LogP contribution in [0.1, 0.15) is 29.9 Å². The van der Waals surface area contributed by atoms with Crippen LogP contribution in [0.5, 0.6) is 23.0 Å². The first-order valence-electron chi connectivity index (χ1n) is 9.24. The van der Waals surface area contributed by atoms with Crippen molar-refractivity contribution in [2.75, 3.05) is 14.2 Å². The minimum Gasteiger partial charge on any atom is -0.497 e. The molecule has 0 amide bonds. The number of aromatic nitrogens is 1. The predicted octanol–water partition coefficient (Wildman–Crippen LogP) is 4.69. The molecular weight excluding hydrogens is 406 g/mol. The minimum absolute atomic E-state index is 0.183. The molecule has 0 atom stereocenters. The highest BCUT2D eigenvalue weighted by Crippen LogP contribution is 2.40.